The van der Waals surface area contributed by atoms with Gasteiger partial charge in [0.1, 0.15) is 29.0 Å². The Hall–Kier alpha value is -3.85. The molecule has 0 amide bonds. The Morgan fingerprint density at radius 2 is 1.96 bits per heavy atom. The third kappa shape index (κ3) is 5.20. The van der Waals surface area contributed by atoms with E-state index in [0.717, 1.165) is 51.6 Å². The molecule has 4 fully saturated rings. The number of nitrogen functional groups attached to an aromatic ring is 1. The number of piperazine rings is 1. The summed E-state index contributed by atoms with van der Waals surface area (Å²) in [4.78, 5) is 17.4. The molecule has 15 heteroatoms. The molecular weight excluding hydrogens is 640 g/mol. The van der Waals surface area contributed by atoms with Crippen molar-refractivity contribution in [1.82, 2.24) is 25.2 Å². The number of rotatable bonds is 7. The molecule has 258 valence electrons. The molecule has 0 spiro atoms. The van der Waals surface area contributed by atoms with Gasteiger partial charge in [-0.2, -0.15) is 23.1 Å². The molecule has 0 saturated carbocycles. The van der Waals surface area contributed by atoms with Gasteiger partial charge in [0, 0.05) is 31.2 Å². The number of hydrogen-bond donors (Lipinski definition) is 2. The van der Waals surface area contributed by atoms with E-state index in [2.05, 4.69) is 27.1 Å². The number of halogens is 6. The zero-order chi connectivity index (χ0) is 34.2. The lowest BCUT2D eigenvalue weighted by Crippen LogP contribution is -2.59. The Bertz CT molecular complexity index is 1820. The predicted molar refractivity (Wildman–Crippen MR) is 168 cm³/mol. The van der Waals surface area contributed by atoms with E-state index in [1.54, 1.807) is 0 Å². The molecule has 2 unspecified atom stereocenters. The molecule has 6 heterocycles. The summed E-state index contributed by atoms with van der Waals surface area (Å²) in [6.07, 6.45) is 0.295. The SMILES string of the molecule is CCC12CCC(CN(c3nc(OC[C@@]45CCCN4C/C(=C/F)C5)nc4c(F)c(-c5c(F)c(N)cc(C)c5C(F)(F)F)nc(OC)c34)C1)N2. The Labute approximate surface area is 273 Å². The molecule has 3 atom stereocenters. The van der Waals surface area contributed by atoms with Crippen molar-refractivity contribution in [3.63, 3.8) is 0 Å². The minimum absolute atomic E-state index is 0.0254. The second kappa shape index (κ2) is 11.6. The number of hydrogen-bond acceptors (Lipinski definition) is 9. The number of nitrogens with zero attached hydrogens (tertiary/aromatic N) is 5. The average molecular weight is 678 g/mol. The number of anilines is 2. The summed E-state index contributed by atoms with van der Waals surface area (Å²) < 4.78 is 101. The van der Waals surface area contributed by atoms with Crippen LogP contribution in [0.15, 0.2) is 18.0 Å². The maximum absolute atomic E-state index is 16.8. The standard InChI is InChI=1S/C33H37F6N7O2/c1-4-31-8-6-19(44-31)14-45(15-31)28-22-27(42-30(43-28)48-16-32-7-5-9-46(32)13-18(11-32)12-34)25(36)26(41-29(22)47-3)21-23(33(37,38)39)17(2)10-20(40)24(21)35/h10,12,19,44H,4-9,11,13-16,40H2,1-3H3/b18-12+/t19?,31?,32-/m0/s1. The number of pyridine rings is 1. The van der Waals surface area contributed by atoms with Crippen LogP contribution in [0.2, 0.25) is 0 Å². The number of methoxy groups -OCH3 is 1. The predicted octanol–water partition coefficient (Wildman–Crippen LogP) is 6.08. The number of fused-ring (bicyclic) bond motifs is 4. The van der Waals surface area contributed by atoms with Crippen molar-refractivity contribution in [1.29, 1.82) is 0 Å². The highest BCUT2D eigenvalue weighted by Crippen LogP contribution is 2.47. The van der Waals surface area contributed by atoms with Crippen LogP contribution >= 0.6 is 0 Å². The molecule has 0 radical (unpaired) electrons. The van der Waals surface area contributed by atoms with Gasteiger partial charge in [-0.3, -0.25) is 4.90 Å². The molecular formula is C33H37F6N7O2. The lowest BCUT2D eigenvalue weighted by atomic mass is 9.93. The van der Waals surface area contributed by atoms with Crippen molar-refractivity contribution in [2.75, 3.05) is 50.5 Å². The van der Waals surface area contributed by atoms with Crippen LogP contribution in [0.5, 0.6) is 11.9 Å². The van der Waals surface area contributed by atoms with Gasteiger partial charge in [0.25, 0.3) is 0 Å². The molecule has 3 N–H and O–H groups in total. The first-order chi connectivity index (χ1) is 22.8. The van der Waals surface area contributed by atoms with Gasteiger partial charge in [0.15, 0.2) is 11.6 Å². The highest BCUT2D eigenvalue weighted by atomic mass is 19.4. The Kier molecular flexibility index (Phi) is 7.93. The molecule has 9 nitrogen and oxygen atoms in total. The van der Waals surface area contributed by atoms with Crippen LogP contribution in [0.1, 0.15) is 56.6 Å². The molecule has 1 aromatic carbocycles. The topological polar surface area (TPSA) is 102 Å². The lowest BCUT2D eigenvalue weighted by Gasteiger charge is -2.42. The van der Waals surface area contributed by atoms with E-state index in [9.17, 15) is 17.6 Å². The maximum atomic E-state index is 16.8. The molecule has 4 aliphatic rings. The second-order valence-corrected chi connectivity index (χ2v) is 13.6. The van der Waals surface area contributed by atoms with E-state index in [0.29, 0.717) is 38.0 Å². The van der Waals surface area contributed by atoms with Gasteiger partial charge in [-0.25, -0.2) is 18.2 Å². The van der Waals surface area contributed by atoms with E-state index in [1.807, 2.05) is 4.90 Å². The fourth-order valence-corrected chi connectivity index (χ4v) is 8.31. The summed E-state index contributed by atoms with van der Waals surface area (Å²) in [5, 5.41) is 3.71. The minimum atomic E-state index is -5.06. The molecule has 48 heavy (non-hydrogen) atoms. The first-order valence-electron chi connectivity index (χ1n) is 16.1. The summed E-state index contributed by atoms with van der Waals surface area (Å²) in [7, 11) is 1.24. The third-order valence-electron chi connectivity index (χ3n) is 10.6. The number of ether oxygens (including phenoxy) is 2. The maximum Gasteiger partial charge on any atom is 0.417 e. The normalized spacial score (nSPS) is 26.6. The summed E-state index contributed by atoms with van der Waals surface area (Å²) >= 11 is 0. The van der Waals surface area contributed by atoms with Crippen LogP contribution in [-0.2, 0) is 6.18 Å². The number of nitrogens with two attached hydrogens (primary N) is 1. The van der Waals surface area contributed by atoms with Gasteiger partial charge in [-0.1, -0.05) is 6.92 Å². The number of alkyl halides is 3. The van der Waals surface area contributed by atoms with Gasteiger partial charge in [0.2, 0.25) is 5.88 Å². The minimum Gasteiger partial charge on any atom is -0.480 e. The Morgan fingerprint density at radius 1 is 1.17 bits per heavy atom. The van der Waals surface area contributed by atoms with Crippen LogP contribution in [0.25, 0.3) is 22.2 Å². The lowest BCUT2D eigenvalue weighted by molar-refractivity contribution is -0.137. The number of aromatic nitrogens is 3. The molecule has 7 rings (SSSR count). The number of nitrogens with one attached hydrogen (secondary N) is 1. The summed E-state index contributed by atoms with van der Waals surface area (Å²) in [6.45, 7) is 5.51. The first kappa shape index (κ1) is 32.7. The van der Waals surface area contributed by atoms with Gasteiger partial charge >= 0.3 is 12.2 Å². The van der Waals surface area contributed by atoms with Gasteiger partial charge in [-0.05, 0) is 69.2 Å². The van der Waals surface area contributed by atoms with Crippen molar-refractivity contribution in [3.8, 4) is 23.1 Å². The highest BCUT2D eigenvalue weighted by Gasteiger charge is 2.48. The van der Waals surface area contributed by atoms with E-state index in [-0.39, 0.29) is 41.3 Å². The fraction of sp³-hybridized carbons (Fsp3) is 0.545. The van der Waals surface area contributed by atoms with E-state index >= 15 is 8.78 Å². The van der Waals surface area contributed by atoms with E-state index < -0.39 is 56.9 Å². The first-order valence-corrected chi connectivity index (χ1v) is 16.1. The van der Waals surface area contributed by atoms with E-state index in [1.165, 1.54) is 7.11 Å². The molecule has 2 aromatic heterocycles. The van der Waals surface area contributed by atoms with Crippen LogP contribution in [0.3, 0.4) is 0 Å². The molecule has 0 aliphatic carbocycles. The van der Waals surface area contributed by atoms with Gasteiger partial charge < -0.3 is 25.4 Å². The third-order valence-corrected chi connectivity index (χ3v) is 10.6. The van der Waals surface area contributed by atoms with Crippen molar-refractivity contribution in [3.05, 3.63) is 40.7 Å². The van der Waals surface area contributed by atoms with Crippen molar-refractivity contribution in [2.24, 2.45) is 0 Å². The van der Waals surface area contributed by atoms with Gasteiger partial charge in [-0.15, -0.1) is 0 Å². The van der Waals surface area contributed by atoms with Crippen LogP contribution in [0.4, 0.5) is 37.8 Å². The monoisotopic (exact) mass is 677 g/mol. The second-order valence-electron chi connectivity index (χ2n) is 13.6. The quantitative estimate of drug-likeness (QED) is 0.228. The highest BCUT2D eigenvalue weighted by molar-refractivity contribution is 5.97. The molecule has 4 aliphatic heterocycles. The van der Waals surface area contributed by atoms with Crippen molar-refractivity contribution in [2.45, 2.75) is 75.7 Å². The molecule has 2 bridgehead atoms. The van der Waals surface area contributed by atoms with Crippen LogP contribution < -0.4 is 25.4 Å². The van der Waals surface area contributed by atoms with Crippen LogP contribution in [0, 0.1) is 18.6 Å². The smallest absolute Gasteiger partial charge is 0.417 e. The van der Waals surface area contributed by atoms with Crippen LogP contribution in [-0.4, -0.2) is 76.9 Å². The Balaban J connectivity index is 1.43. The number of aryl methyl sites for hydroxylation is 1. The summed E-state index contributed by atoms with van der Waals surface area (Å²) in [5.74, 6) is -2.80. The average Bonchev–Trinajstić information content (AvgIpc) is 3.71. The summed E-state index contributed by atoms with van der Waals surface area (Å²) in [6, 6.07) is 0.751. The largest absolute Gasteiger partial charge is 0.480 e. The number of benzene rings is 1. The van der Waals surface area contributed by atoms with Crippen molar-refractivity contribution < 1.29 is 35.8 Å². The zero-order valence-electron chi connectivity index (χ0n) is 26.9. The molecule has 3 aromatic rings. The molecule has 4 saturated heterocycles. The Morgan fingerprint density at radius 3 is 2.67 bits per heavy atom. The zero-order valence-corrected chi connectivity index (χ0v) is 26.9. The van der Waals surface area contributed by atoms with E-state index in [4.69, 9.17) is 20.2 Å². The van der Waals surface area contributed by atoms with Gasteiger partial charge in [0.05, 0.1) is 35.8 Å². The fourth-order valence-electron chi connectivity index (χ4n) is 8.31. The summed E-state index contributed by atoms with van der Waals surface area (Å²) in [5.41, 5.74) is 0.750. The van der Waals surface area contributed by atoms with Crippen molar-refractivity contribution >= 4 is 22.4 Å².